The van der Waals surface area contributed by atoms with Crippen LogP contribution in [0.15, 0.2) is 28.7 Å². The maximum absolute atomic E-state index is 12.5. The Balaban J connectivity index is 2.11. The molecule has 2 amide bonds. The third kappa shape index (κ3) is 4.30. The van der Waals surface area contributed by atoms with Gasteiger partial charge in [0.05, 0.1) is 5.69 Å². The second-order valence-electron chi connectivity index (χ2n) is 5.35. The predicted molar refractivity (Wildman–Crippen MR) is 87.2 cm³/mol. The maximum atomic E-state index is 12.5. The van der Waals surface area contributed by atoms with Gasteiger partial charge < -0.3 is 9.80 Å². The topological polar surface area (TPSA) is 40.6 Å². The van der Waals surface area contributed by atoms with E-state index >= 15 is 0 Å². The van der Waals surface area contributed by atoms with Gasteiger partial charge in [0, 0.05) is 24.5 Å². The third-order valence-electron chi connectivity index (χ3n) is 3.78. The minimum atomic E-state index is -0.120. The van der Waals surface area contributed by atoms with Gasteiger partial charge in [-0.05, 0) is 40.9 Å². The van der Waals surface area contributed by atoms with Crippen molar-refractivity contribution in [2.24, 2.45) is 0 Å². The van der Waals surface area contributed by atoms with Gasteiger partial charge in [0.1, 0.15) is 6.54 Å². The van der Waals surface area contributed by atoms with Crippen molar-refractivity contribution >= 4 is 33.4 Å². The van der Waals surface area contributed by atoms with Crippen LogP contribution in [0.3, 0.4) is 0 Å². The second-order valence-corrected chi connectivity index (χ2v) is 6.21. The van der Waals surface area contributed by atoms with Crippen LogP contribution in [-0.2, 0) is 9.59 Å². The minimum absolute atomic E-state index is 0.0304. The average molecular weight is 353 g/mol. The summed E-state index contributed by atoms with van der Waals surface area (Å²) in [7, 11) is 0. The van der Waals surface area contributed by atoms with Crippen molar-refractivity contribution in [2.75, 3.05) is 24.5 Å². The van der Waals surface area contributed by atoms with Crippen molar-refractivity contribution in [1.29, 1.82) is 0 Å². The van der Waals surface area contributed by atoms with Crippen molar-refractivity contribution in [3.05, 3.63) is 28.7 Å². The fourth-order valence-electron chi connectivity index (χ4n) is 2.59. The molecule has 0 aliphatic carbocycles. The first-order valence-corrected chi connectivity index (χ1v) is 8.19. The summed E-state index contributed by atoms with van der Waals surface area (Å²) in [5.74, 6) is -0.0899. The van der Waals surface area contributed by atoms with E-state index in [-0.39, 0.29) is 18.4 Å². The van der Waals surface area contributed by atoms with Gasteiger partial charge in [0.15, 0.2) is 0 Å². The molecule has 1 aliphatic heterocycles. The fourth-order valence-corrected chi connectivity index (χ4v) is 3.09. The lowest BCUT2D eigenvalue weighted by atomic mass is 10.2. The summed E-state index contributed by atoms with van der Waals surface area (Å²) in [6.07, 6.45) is 4.48. The van der Waals surface area contributed by atoms with E-state index < -0.39 is 0 Å². The summed E-state index contributed by atoms with van der Waals surface area (Å²) in [4.78, 5) is 27.8. The molecule has 1 heterocycles. The van der Waals surface area contributed by atoms with Gasteiger partial charge in [-0.15, -0.1) is 0 Å². The molecule has 114 valence electrons. The van der Waals surface area contributed by atoms with Gasteiger partial charge >= 0.3 is 0 Å². The van der Waals surface area contributed by atoms with Gasteiger partial charge in [0.25, 0.3) is 0 Å². The smallest absolute Gasteiger partial charge is 0.242 e. The number of hydrogen-bond donors (Lipinski definition) is 0. The molecular weight excluding hydrogens is 332 g/mol. The Labute approximate surface area is 134 Å². The molecule has 0 atom stereocenters. The monoisotopic (exact) mass is 352 g/mol. The molecular formula is C16H21BrN2O2. The Morgan fingerprint density at radius 3 is 2.33 bits per heavy atom. The highest BCUT2D eigenvalue weighted by molar-refractivity contribution is 9.10. The molecule has 1 aliphatic rings. The first kappa shape index (κ1) is 16.0. The quantitative estimate of drug-likeness (QED) is 0.837. The first-order chi connectivity index (χ1) is 10.1. The molecule has 4 nitrogen and oxygen atoms in total. The largest absolute Gasteiger partial charge is 0.341 e. The highest BCUT2D eigenvalue weighted by Crippen LogP contribution is 2.26. The van der Waals surface area contributed by atoms with Crippen LogP contribution in [0.2, 0.25) is 0 Å². The van der Waals surface area contributed by atoms with Gasteiger partial charge in [-0.25, -0.2) is 0 Å². The number of hydrogen-bond acceptors (Lipinski definition) is 2. The summed E-state index contributed by atoms with van der Waals surface area (Å²) in [5, 5.41) is 0. The van der Waals surface area contributed by atoms with E-state index in [2.05, 4.69) is 15.9 Å². The molecule has 0 bridgehead atoms. The summed E-state index contributed by atoms with van der Waals surface area (Å²) in [5.41, 5.74) is 0.744. The summed E-state index contributed by atoms with van der Waals surface area (Å²) >= 11 is 3.44. The number of carbonyl (C=O) groups is 2. The number of anilines is 1. The summed E-state index contributed by atoms with van der Waals surface area (Å²) in [6, 6.07) is 7.48. The SMILES string of the molecule is CC(=O)N(CC(=O)N1CCCCCC1)c1ccccc1Br. The first-order valence-electron chi connectivity index (χ1n) is 7.40. The van der Waals surface area contributed by atoms with E-state index in [0.717, 1.165) is 36.1 Å². The average Bonchev–Trinajstić information content (AvgIpc) is 2.74. The van der Waals surface area contributed by atoms with Crippen LogP contribution in [0.1, 0.15) is 32.6 Å². The molecule has 1 saturated heterocycles. The molecule has 1 aromatic carbocycles. The molecule has 1 aromatic rings. The molecule has 2 rings (SSSR count). The summed E-state index contributed by atoms with van der Waals surface area (Å²) < 4.78 is 0.823. The predicted octanol–water partition coefficient (Wildman–Crippen LogP) is 3.20. The van der Waals surface area contributed by atoms with Crippen molar-refractivity contribution in [3.8, 4) is 0 Å². The third-order valence-corrected chi connectivity index (χ3v) is 4.45. The lowest BCUT2D eigenvalue weighted by Crippen LogP contribution is -2.42. The van der Waals surface area contributed by atoms with Crippen LogP contribution in [0, 0.1) is 0 Å². The molecule has 0 spiro atoms. The highest BCUT2D eigenvalue weighted by Gasteiger charge is 2.22. The van der Waals surface area contributed by atoms with Crippen molar-refractivity contribution < 1.29 is 9.59 Å². The fraction of sp³-hybridized carbons (Fsp3) is 0.500. The van der Waals surface area contributed by atoms with Gasteiger partial charge in [-0.2, -0.15) is 0 Å². The van der Waals surface area contributed by atoms with Crippen molar-refractivity contribution in [3.63, 3.8) is 0 Å². The number of nitrogens with zero attached hydrogens (tertiary/aromatic N) is 2. The molecule has 5 heteroatoms. The van der Waals surface area contributed by atoms with Crippen LogP contribution in [0.5, 0.6) is 0 Å². The van der Waals surface area contributed by atoms with E-state index in [1.54, 1.807) is 0 Å². The van der Waals surface area contributed by atoms with E-state index in [0.29, 0.717) is 0 Å². The Morgan fingerprint density at radius 1 is 1.14 bits per heavy atom. The molecule has 21 heavy (non-hydrogen) atoms. The zero-order valence-electron chi connectivity index (χ0n) is 12.3. The standard InChI is InChI=1S/C16H21BrN2O2/c1-13(20)19(15-9-5-4-8-14(15)17)12-16(21)18-10-6-2-3-7-11-18/h4-5,8-9H,2-3,6-7,10-12H2,1H3. The van der Waals surface area contributed by atoms with Gasteiger partial charge in [0.2, 0.25) is 11.8 Å². The number of halogens is 1. The summed E-state index contributed by atoms with van der Waals surface area (Å²) in [6.45, 7) is 3.22. The normalized spacial score (nSPS) is 15.4. The van der Waals surface area contributed by atoms with Crippen molar-refractivity contribution in [2.45, 2.75) is 32.6 Å². The Kier molecular flexibility index (Phi) is 5.79. The Hall–Kier alpha value is -1.36. The minimum Gasteiger partial charge on any atom is -0.341 e. The van der Waals surface area contributed by atoms with Crippen LogP contribution in [-0.4, -0.2) is 36.3 Å². The van der Waals surface area contributed by atoms with Crippen LogP contribution in [0.4, 0.5) is 5.69 Å². The van der Waals surface area contributed by atoms with E-state index in [1.165, 1.54) is 24.7 Å². The lowest BCUT2D eigenvalue weighted by molar-refractivity contribution is -0.131. The molecule has 0 aromatic heterocycles. The van der Waals surface area contributed by atoms with E-state index in [4.69, 9.17) is 0 Å². The number of carbonyl (C=O) groups excluding carboxylic acids is 2. The number of para-hydroxylation sites is 1. The highest BCUT2D eigenvalue weighted by atomic mass is 79.9. The van der Waals surface area contributed by atoms with Gasteiger partial charge in [-0.3, -0.25) is 9.59 Å². The molecule has 1 fully saturated rings. The van der Waals surface area contributed by atoms with Crippen LogP contribution in [0.25, 0.3) is 0 Å². The zero-order chi connectivity index (χ0) is 15.2. The number of benzene rings is 1. The Morgan fingerprint density at radius 2 is 1.76 bits per heavy atom. The number of amides is 2. The molecule has 0 unspecified atom stereocenters. The van der Waals surface area contributed by atoms with E-state index in [1.807, 2.05) is 29.2 Å². The second kappa shape index (κ2) is 7.59. The maximum Gasteiger partial charge on any atom is 0.242 e. The lowest BCUT2D eigenvalue weighted by Gasteiger charge is -2.26. The Bertz CT molecular complexity index is 511. The zero-order valence-corrected chi connectivity index (χ0v) is 13.9. The molecule has 0 N–H and O–H groups in total. The number of likely N-dealkylation sites (tertiary alicyclic amines) is 1. The van der Waals surface area contributed by atoms with E-state index in [9.17, 15) is 9.59 Å². The van der Waals surface area contributed by atoms with Gasteiger partial charge in [-0.1, -0.05) is 25.0 Å². The molecule has 0 radical (unpaired) electrons. The molecule has 0 saturated carbocycles. The van der Waals surface area contributed by atoms with Crippen molar-refractivity contribution in [1.82, 2.24) is 4.90 Å². The van der Waals surface area contributed by atoms with Crippen LogP contribution < -0.4 is 4.90 Å². The van der Waals surface area contributed by atoms with Crippen LogP contribution >= 0.6 is 15.9 Å². The number of rotatable bonds is 3.